The molecule has 0 spiro atoms. The second kappa shape index (κ2) is 6.29. The van der Waals surface area contributed by atoms with Gasteiger partial charge in [0.2, 0.25) is 9.84 Å². The number of sulfone groups is 1. The lowest BCUT2D eigenvalue weighted by Crippen LogP contribution is -2.15. The van der Waals surface area contributed by atoms with Crippen LogP contribution >= 0.6 is 0 Å². The Morgan fingerprint density at radius 2 is 1.85 bits per heavy atom. The monoisotopic (exact) mass is 385 g/mol. The van der Waals surface area contributed by atoms with Crippen LogP contribution in [0, 0.1) is 17.1 Å². The highest BCUT2D eigenvalue weighted by Crippen LogP contribution is 2.43. The SMILES string of the molecule is N#Cc1cc(F)cc(Oc2ccc(S(=O)(=O)CF)c3c2CC(F)(F)C3)c1. The standard InChI is InChI=1S/C17H11F4NO3S/c18-9-26(23,24)16-2-1-15(13-6-17(20,21)7-14(13)16)25-12-4-10(8-22)3-11(19)5-12/h1-5H,6-7,9H2. The van der Waals surface area contributed by atoms with Crippen molar-refractivity contribution in [1.29, 1.82) is 5.26 Å². The molecule has 0 saturated heterocycles. The van der Waals surface area contributed by atoms with Gasteiger partial charge in [-0.1, -0.05) is 0 Å². The van der Waals surface area contributed by atoms with Crippen molar-refractivity contribution in [3.8, 4) is 17.6 Å². The Labute approximate surface area is 146 Å². The van der Waals surface area contributed by atoms with Gasteiger partial charge in [0.15, 0.2) is 6.01 Å². The highest BCUT2D eigenvalue weighted by atomic mass is 32.2. The summed E-state index contributed by atoms with van der Waals surface area (Å²) < 4.78 is 83.1. The molecule has 0 heterocycles. The minimum atomic E-state index is -4.34. The third-order valence-corrected chi connectivity index (χ3v) is 5.26. The number of ether oxygens (including phenoxy) is 1. The second-order valence-electron chi connectivity index (χ2n) is 5.84. The maximum atomic E-state index is 13.9. The van der Waals surface area contributed by atoms with Crippen molar-refractivity contribution in [2.24, 2.45) is 0 Å². The molecule has 1 aliphatic rings. The van der Waals surface area contributed by atoms with Gasteiger partial charge in [0, 0.05) is 24.5 Å². The summed E-state index contributed by atoms with van der Waals surface area (Å²) in [6.07, 6.45) is -1.64. The number of hydrogen-bond acceptors (Lipinski definition) is 4. The first-order valence-corrected chi connectivity index (χ1v) is 9.00. The maximum absolute atomic E-state index is 13.9. The molecule has 0 N–H and O–H groups in total. The highest BCUT2D eigenvalue weighted by molar-refractivity contribution is 7.91. The van der Waals surface area contributed by atoms with E-state index >= 15 is 0 Å². The predicted molar refractivity (Wildman–Crippen MR) is 83.1 cm³/mol. The summed E-state index contributed by atoms with van der Waals surface area (Å²) in [5, 5.41) is 8.86. The van der Waals surface area contributed by atoms with E-state index in [1.165, 1.54) is 6.07 Å². The average molecular weight is 385 g/mol. The summed E-state index contributed by atoms with van der Waals surface area (Å²) in [4.78, 5) is -0.503. The minimum absolute atomic E-state index is 0.0291. The zero-order chi connectivity index (χ0) is 19.1. The van der Waals surface area contributed by atoms with Gasteiger partial charge in [-0.05, 0) is 29.8 Å². The van der Waals surface area contributed by atoms with Crippen LogP contribution in [0.3, 0.4) is 0 Å². The molecule has 2 aromatic rings. The van der Waals surface area contributed by atoms with Crippen molar-refractivity contribution in [2.75, 3.05) is 6.01 Å². The highest BCUT2D eigenvalue weighted by Gasteiger charge is 2.42. The van der Waals surface area contributed by atoms with Gasteiger partial charge in [-0.2, -0.15) is 5.26 Å². The van der Waals surface area contributed by atoms with Crippen LogP contribution in [0.15, 0.2) is 35.2 Å². The molecule has 0 saturated carbocycles. The van der Waals surface area contributed by atoms with Crippen LogP contribution in [0.25, 0.3) is 0 Å². The summed E-state index contributed by atoms with van der Waals surface area (Å²) >= 11 is 0. The fraction of sp³-hybridized carbons (Fsp3) is 0.235. The molecule has 0 unspecified atom stereocenters. The summed E-state index contributed by atoms with van der Waals surface area (Å²) in [6.45, 7) is 0. The second-order valence-corrected chi connectivity index (χ2v) is 7.73. The molecule has 4 nitrogen and oxygen atoms in total. The zero-order valence-corrected chi connectivity index (χ0v) is 13.9. The third kappa shape index (κ3) is 3.37. The summed E-state index contributed by atoms with van der Waals surface area (Å²) in [7, 11) is -4.34. The number of rotatable bonds is 4. The van der Waals surface area contributed by atoms with Crippen LogP contribution in [0.2, 0.25) is 0 Å². The van der Waals surface area contributed by atoms with E-state index < -0.39 is 45.3 Å². The molecule has 0 atom stereocenters. The Kier molecular flexibility index (Phi) is 4.40. The van der Waals surface area contributed by atoms with Crippen LogP contribution in [0.1, 0.15) is 16.7 Å². The van der Waals surface area contributed by atoms with Crippen molar-refractivity contribution < 1.29 is 30.7 Å². The van der Waals surface area contributed by atoms with Gasteiger partial charge in [-0.25, -0.2) is 26.0 Å². The van der Waals surface area contributed by atoms with E-state index in [4.69, 9.17) is 10.00 Å². The molecule has 3 rings (SSSR count). The van der Waals surface area contributed by atoms with E-state index in [0.717, 1.165) is 24.3 Å². The number of nitriles is 1. The predicted octanol–water partition coefficient (Wildman–Crippen LogP) is 3.92. The molecule has 0 aliphatic heterocycles. The van der Waals surface area contributed by atoms with E-state index in [0.29, 0.717) is 0 Å². The van der Waals surface area contributed by atoms with E-state index in [9.17, 15) is 26.0 Å². The normalized spacial score (nSPS) is 15.3. The minimum Gasteiger partial charge on any atom is -0.457 e. The van der Waals surface area contributed by atoms with E-state index in [-0.39, 0.29) is 28.2 Å². The Morgan fingerprint density at radius 1 is 1.15 bits per heavy atom. The van der Waals surface area contributed by atoms with Crippen molar-refractivity contribution in [1.82, 2.24) is 0 Å². The Bertz CT molecular complexity index is 1030. The molecule has 26 heavy (non-hydrogen) atoms. The summed E-state index contributed by atoms with van der Waals surface area (Å²) in [5.41, 5.74) is -0.312. The number of benzene rings is 2. The van der Waals surface area contributed by atoms with Crippen molar-refractivity contribution in [3.05, 3.63) is 52.8 Å². The lowest BCUT2D eigenvalue weighted by Gasteiger charge is -2.13. The van der Waals surface area contributed by atoms with Crippen LogP contribution < -0.4 is 4.74 Å². The van der Waals surface area contributed by atoms with Crippen molar-refractivity contribution in [2.45, 2.75) is 23.7 Å². The van der Waals surface area contributed by atoms with Gasteiger partial charge in [0.25, 0.3) is 5.92 Å². The Hall–Kier alpha value is -2.60. The number of hydrogen-bond donors (Lipinski definition) is 0. The first kappa shape index (κ1) is 18.2. The van der Waals surface area contributed by atoms with E-state index in [2.05, 4.69) is 0 Å². The fourth-order valence-electron chi connectivity index (χ4n) is 2.88. The third-order valence-electron chi connectivity index (χ3n) is 3.92. The average Bonchev–Trinajstić information content (AvgIpc) is 2.89. The van der Waals surface area contributed by atoms with Gasteiger partial charge in [-0.3, -0.25) is 0 Å². The summed E-state index contributed by atoms with van der Waals surface area (Å²) in [5.74, 6) is -4.15. The van der Waals surface area contributed by atoms with Gasteiger partial charge < -0.3 is 4.74 Å². The van der Waals surface area contributed by atoms with Gasteiger partial charge in [-0.15, -0.1) is 0 Å². The number of fused-ring (bicyclic) bond motifs is 1. The zero-order valence-electron chi connectivity index (χ0n) is 13.1. The Morgan fingerprint density at radius 3 is 2.50 bits per heavy atom. The van der Waals surface area contributed by atoms with Crippen molar-refractivity contribution in [3.63, 3.8) is 0 Å². The largest absolute Gasteiger partial charge is 0.457 e. The van der Waals surface area contributed by atoms with Crippen LogP contribution in [-0.4, -0.2) is 20.3 Å². The maximum Gasteiger partial charge on any atom is 0.256 e. The smallest absolute Gasteiger partial charge is 0.256 e. The molecular weight excluding hydrogens is 374 g/mol. The Balaban J connectivity index is 2.10. The number of halogens is 4. The molecule has 2 aromatic carbocycles. The first-order chi connectivity index (χ1) is 12.1. The van der Waals surface area contributed by atoms with Crippen molar-refractivity contribution >= 4 is 9.84 Å². The lowest BCUT2D eigenvalue weighted by molar-refractivity contribution is 0.0125. The van der Waals surface area contributed by atoms with Crippen LogP contribution in [-0.2, 0) is 22.7 Å². The molecule has 136 valence electrons. The molecule has 1 aliphatic carbocycles. The first-order valence-electron chi connectivity index (χ1n) is 7.35. The van der Waals surface area contributed by atoms with Gasteiger partial charge >= 0.3 is 0 Å². The van der Waals surface area contributed by atoms with Crippen LogP contribution in [0.5, 0.6) is 11.5 Å². The molecule has 0 aromatic heterocycles. The molecule has 0 fully saturated rings. The molecule has 0 radical (unpaired) electrons. The van der Waals surface area contributed by atoms with Gasteiger partial charge in [0.1, 0.15) is 17.3 Å². The molecule has 9 heteroatoms. The number of alkyl halides is 3. The fourth-order valence-corrected chi connectivity index (χ4v) is 3.84. The number of nitrogens with zero attached hydrogens (tertiary/aromatic N) is 1. The van der Waals surface area contributed by atoms with E-state index in [1.54, 1.807) is 6.07 Å². The van der Waals surface area contributed by atoms with E-state index in [1.807, 2.05) is 0 Å². The topological polar surface area (TPSA) is 67.2 Å². The quantitative estimate of drug-likeness (QED) is 0.748. The molecule has 0 bridgehead atoms. The van der Waals surface area contributed by atoms with Crippen LogP contribution in [0.4, 0.5) is 17.6 Å². The lowest BCUT2D eigenvalue weighted by atomic mass is 10.1. The molecule has 0 amide bonds. The molecular formula is C17H11F4NO3S. The van der Waals surface area contributed by atoms with Gasteiger partial charge in [0.05, 0.1) is 16.5 Å². The summed E-state index contributed by atoms with van der Waals surface area (Å²) in [6, 6.07) is 5.30.